The molecule has 1 aliphatic heterocycles. The maximum absolute atomic E-state index is 13.1. The van der Waals surface area contributed by atoms with Gasteiger partial charge in [-0.15, -0.1) is 0 Å². The van der Waals surface area contributed by atoms with E-state index in [1.165, 1.54) is 6.07 Å². The molecular formula is C14H15BrFNO3. The number of rotatable bonds is 3. The summed E-state index contributed by atoms with van der Waals surface area (Å²) in [6, 6.07) is 4.43. The minimum atomic E-state index is -0.877. The largest absolute Gasteiger partial charge is 0.481 e. The van der Waals surface area contributed by atoms with E-state index in [0.29, 0.717) is 23.0 Å². The second-order valence-electron chi connectivity index (χ2n) is 5.36. The molecule has 0 bridgehead atoms. The van der Waals surface area contributed by atoms with Gasteiger partial charge in [-0.25, -0.2) is 4.39 Å². The van der Waals surface area contributed by atoms with Gasteiger partial charge in [0.25, 0.3) is 0 Å². The number of carboxylic acids is 1. The molecule has 0 saturated carbocycles. The zero-order valence-electron chi connectivity index (χ0n) is 11.0. The number of hydrogen-bond donors (Lipinski definition) is 1. The predicted molar refractivity (Wildman–Crippen MR) is 74.7 cm³/mol. The second kappa shape index (κ2) is 5.52. The summed E-state index contributed by atoms with van der Waals surface area (Å²) in [5, 5.41) is 9.14. The van der Waals surface area contributed by atoms with E-state index in [2.05, 4.69) is 15.9 Å². The highest BCUT2D eigenvalue weighted by molar-refractivity contribution is 9.10. The van der Waals surface area contributed by atoms with Crippen LogP contribution in [0, 0.1) is 11.2 Å². The molecule has 20 heavy (non-hydrogen) atoms. The molecule has 1 N–H and O–H groups in total. The van der Waals surface area contributed by atoms with Gasteiger partial charge < -0.3 is 10.0 Å². The highest BCUT2D eigenvalue weighted by atomic mass is 79.9. The summed E-state index contributed by atoms with van der Waals surface area (Å²) in [5.41, 5.74) is -0.161. The topological polar surface area (TPSA) is 57.6 Å². The Kier molecular flexibility index (Phi) is 4.13. The Morgan fingerprint density at radius 2 is 2.20 bits per heavy atom. The van der Waals surface area contributed by atoms with Gasteiger partial charge in [-0.05, 0) is 47.0 Å². The second-order valence-corrected chi connectivity index (χ2v) is 6.21. The molecule has 1 heterocycles. The molecule has 0 unspecified atom stereocenters. The van der Waals surface area contributed by atoms with Crippen molar-refractivity contribution < 1.29 is 19.1 Å². The van der Waals surface area contributed by atoms with E-state index in [1.54, 1.807) is 24.0 Å². The van der Waals surface area contributed by atoms with Crippen molar-refractivity contribution >= 4 is 27.8 Å². The van der Waals surface area contributed by atoms with Gasteiger partial charge in [-0.1, -0.05) is 6.07 Å². The first-order valence-corrected chi connectivity index (χ1v) is 7.06. The summed E-state index contributed by atoms with van der Waals surface area (Å²) < 4.78 is 13.4. The SMILES string of the molecule is C[C@@]1(C(=O)O)CCN(C(=O)Cc2ccc(F)c(Br)c2)C1. The molecule has 1 amide bonds. The number of aliphatic carboxylic acids is 1. The van der Waals surface area contributed by atoms with E-state index in [1.807, 2.05) is 0 Å². The number of amides is 1. The molecule has 1 fully saturated rings. The summed E-state index contributed by atoms with van der Waals surface area (Å²) in [6.45, 7) is 2.32. The van der Waals surface area contributed by atoms with Crippen LogP contribution in [0.25, 0.3) is 0 Å². The highest BCUT2D eigenvalue weighted by Gasteiger charge is 2.41. The van der Waals surface area contributed by atoms with E-state index in [0.717, 1.165) is 0 Å². The van der Waals surface area contributed by atoms with Gasteiger partial charge in [0, 0.05) is 13.1 Å². The summed E-state index contributed by atoms with van der Waals surface area (Å²) in [5.74, 6) is -1.38. The minimum Gasteiger partial charge on any atom is -0.481 e. The lowest BCUT2D eigenvalue weighted by Crippen LogP contribution is -2.35. The number of nitrogens with zero attached hydrogens (tertiary/aromatic N) is 1. The van der Waals surface area contributed by atoms with E-state index in [4.69, 9.17) is 5.11 Å². The predicted octanol–water partition coefficient (Wildman–Crippen LogP) is 2.45. The van der Waals surface area contributed by atoms with Crippen molar-refractivity contribution in [1.29, 1.82) is 0 Å². The maximum atomic E-state index is 13.1. The fourth-order valence-corrected chi connectivity index (χ4v) is 2.71. The Labute approximate surface area is 124 Å². The van der Waals surface area contributed by atoms with E-state index in [-0.39, 0.29) is 24.7 Å². The van der Waals surface area contributed by atoms with Crippen molar-refractivity contribution in [2.45, 2.75) is 19.8 Å². The third-order valence-electron chi connectivity index (χ3n) is 3.68. The average molecular weight is 344 g/mol. The molecule has 4 nitrogen and oxygen atoms in total. The average Bonchev–Trinajstić information content (AvgIpc) is 2.78. The molecule has 0 spiro atoms. The third kappa shape index (κ3) is 3.00. The van der Waals surface area contributed by atoms with Crippen LogP contribution >= 0.6 is 15.9 Å². The number of hydrogen-bond acceptors (Lipinski definition) is 2. The van der Waals surface area contributed by atoms with E-state index >= 15 is 0 Å². The van der Waals surface area contributed by atoms with Crippen molar-refractivity contribution in [1.82, 2.24) is 4.90 Å². The molecule has 0 radical (unpaired) electrons. The molecule has 6 heteroatoms. The molecule has 1 atom stereocenters. The van der Waals surface area contributed by atoms with Crippen LogP contribution in [0.2, 0.25) is 0 Å². The molecule has 1 aromatic carbocycles. The van der Waals surface area contributed by atoms with Crippen molar-refractivity contribution in [3.63, 3.8) is 0 Å². The summed E-state index contributed by atoms with van der Waals surface area (Å²) in [6.07, 6.45) is 0.607. The van der Waals surface area contributed by atoms with Crippen LogP contribution < -0.4 is 0 Å². The zero-order valence-corrected chi connectivity index (χ0v) is 12.6. The monoisotopic (exact) mass is 343 g/mol. The Bertz CT molecular complexity index is 563. The van der Waals surface area contributed by atoms with E-state index < -0.39 is 11.4 Å². The van der Waals surface area contributed by atoms with Crippen LogP contribution in [0.1, 0.15) is 18.9 Å². The number of carbonyl (C=O) groups is 2. The van der Waals surface area contributed by atoms with Gasteiger partial charge in [0.15, 0.2) is 0 Å². The molecule has 1 aromatic rings. The lowest BCUT2D eigenvalue weighted by Gasteiger charge is -2.20. The van der Waals surface area contributed by atoms with Crippen molar-refractivity contribution in [3.8, 4) is 0 Å². The zero-order chi connectivity index (χ0) is 14.9. The first-order chi connectivity index (χ1) is 9.32. The first-order valence-electron chi connectivity index (χ1n) is 6.27. The molecule has 0 aromatic heterocycles. The van der Waals surface area contributed by atoms with Gasteiger partial charge in [0.05, 0.1) is 16.3 Å². The number of likely N-dealkylation sites (tertiary alicyclic amines) is 1. The van der Waals surface area contributed by atoms with Gasteiger partial charge in [-0.3, -0.25) is 9.59 Å². The lowest BCUT2D eigenvalue weighted by atomic mass is 9.90. The number of halogens is 2. The van der Waals surface area contributed by atoms with Gasteiger partial charge in [-0.2, -0.15) is 0 Å². The number of benzene rings is 1. The third-order valence-corrected chi connectivity index (χ3v) is 4.29. The number of carbonyl (C=O) groups excluding carboxylic acids is 1. The fourth-order valence-electron chi connectivity index (χ4n) is 2.28. The standard InChI is InChI=1S/C14H15BrFNO3/c1-14(13(19)20)4-5-17(8-14)12(18)7-9-2-3-11(16)10(15)6-9/h2-3,6H,4-5,7-8H2,1H3,(H,19,20)/t14-/m1/s1. The summed E-state index contributed by atoms with van der Waals surface area (Å²) >= 11 is 3.08. The summed E-state index contributed by atoms with van der Waals surface area (Å²) in [7, 11) is 0. The van der Waals surface area contributed by atoms with Crippen LogP contribution in [0.5, 0.6) is 0 Å². The molecule has 2 rings (SSSR count). The van der Waals surface area contributed by atoms with Crippen LogP contribution in [0.15, 0.2) is 22.7 Å². The maximum Gasteiger partial charge on any atom is 0.311 e. The van der Waals surface area contributed by atoms with Gasteiger partial charge in [0.2, 0.25) is 5.91 Å². The highest BCUT2D eigenvalue weighted by Crippen LogP contribution is 2.30. The molecule has 1 saturated heterocycles. The quantitative estimate of drug-likeness (QED) is 0.916. The summed E-state index contributed by atoms with van der Waals surface area (Å²) in [4.78, 5) is 24.9. The number of carboxylic acid groups (broad SMARTS) is 1. The van der Waals surface area contributed by atoms with Gasteiger partial charge in [0.1, 0.15) is 5.82 Å². The Morgan fingerprint density at radius 3 is 2.75 bits per heavy atom. The Balaban J connectivity index is 2.03. The van der Waals surface area contributed by atoms with Crippen LogP contribution in [-0.4, -0.2) is 35.0 Å². The van der Waals surface area contributed by atoms with Crippen LogP contribution in [0.4, 0.5) is 4.39 Å². The Hall–Kier alpha value is -1.43. The van der Waals surface area contributed by atoms with Crippen molar-refractivity contribution in [2.24, 2.45) is 5.41 Å². The molecular weight excluding hydrogens is 329 g/mol. The lowest BCUT2D eigenvalue weighted by molar-refractivity contribution is -0.147. The molecule has 108 valence electrons. The van der Waals surface area contributed by atoms with Crippen LogP contribution in [-0.2, 0) is 16.0 Å². The first kappa shape index (κ1) is 15.0. The smallest absolute Gasteiger partial charge is 0.311 e. The Morgan fingerprint density at radius 1 is 1.50 bits per heavy atom. The molecule has 0 aliphatic carbocycles. The van der Waals surface area contributed by atoms with Crippen LogP contribution in [0.3, 0.4) is 0 Å². The van der Waals surface area contributed by atoms with Crippen molar-refractivity contribution in [2.75, 3.05) is 13.1 Å². The fraction of sp³-hybridized carbons (Fsp3) is 0.429. The van der Waals surface area contributed by atoms with Crippen molar-refractivity contribution in [3.05, 3.63) is 34.1 Å². The van der Waals surface area contributed by atoms with Gasteiger partial charge >= 0.3 is 5.97 Å². The van der Waals surface area contributed by atoms with E-state index in [9.17, 15) is 14.0 Å². The normalized spacial score (nSPS) is 22.1. The molecule has 1 aliphatic rings. The minimum absolute atomic E-state index is 0.131.